The van der Waals surface area contributed by atoms with E-state index in [2.05, 4.69) is 0 Å². The predicted octanol–water partition coefficient (Wildman–Crippen LogP) is 3.29. The van der Waals surface area contributed by atoms with Crippen LogP contribution in [-0.2, 0) is 14.8 Å². The highest BCUT2D eigenvalue weighted by atomic mass is 35.5. The molecule has 3 rings (SSSR count). The van der Waals surface area contributed by atoms with Gasteiger partial charge in [-0.05, 0) is 56.2 Å². The molecule has 7 heteroatoms. The van der Waals surface area contributed by atoms with E-state index < -0.39 is 10.0 Å². The van der Waals surface area contributed by atoms with E-state index in [4.69, 9.17) is 16.3 Å². The van der Waals surface area contributed by atoms with Gasteiger partial charge in [0.15, 0.2) is 0 Å². The number of aromatic hydroxyl groups is 1. The molecule has 2 fully saturated rings. The monoisotopic (exact) mass is 387 g/mol. The van der Waals surface area contributed by atoms with Crippen LogP contribution in [0.25, 0.3) is 0 Å². The highest BCUT2D eigenvalue weighted by Gasteiger charge is 2.39. The number of aryl methyl sites for hydroxylation is 1. The molecule has 0 radical (unpaired) electrons. The number of benzene rings is 1. The van der Waals surface area contributed by atoms with Crippen molar-refractivity contribution in [2.24, 2.45) is 5.92 Å². The Kier molecular flexibility index (Phi) is 5.63. The van der Waals surface area contributed by atoms with Crippen LogP contribution in [0, 0.1) is 12.8 Å². The lowest BCUT2D eigenvalue weighted by Gasteiger charge is -2.22. The maximum atomic E-state index is 12.8. The molecular formula is C18H26ClNO4S. The van der Waals surface area contributed by atoms with E-state index in [9.17, 15) is 13.5 Å². The molecule has 0 aromatic heterocycles. The Morgan fingerprint density at radius 3 is 2.72 bits per heavy atom. The van der Waals surface area contributed by atoms with E-state index in [0.717, 1.165) is 24.0 Å². The van der Waals surface area contributed by atoms with Gasteiger partial charge in [0, 0.05) is 30.6 Å². The predicted molar refractivity (Wildman–Crippen MR) is 98.7 cm³/mol. The average molecular weight is 388 g/mol. The second-order valence-electron chi connectivity index (χ2n) is 7.11. The Morgan fingerprint density at radius 2 is 2.08 bits per heavy atom. The number of phenols is 1. The number of ether oxygens (including phenoxy) is 1. The summed E-state index contributed by atoms with van der Waals surface area (Å²) in [6.07, 6.45) is 2.62. The van der Waals surface area contributed by atoms with Crippen molar-refractivity contribution in [3.8, 4) is 5.75 Å². The Balaban J connectivity index is 1.70. The summed E-state index contributed by atoms with van der Waals surface area (Å²) in [6.45, 7) is 5.21. The van der Waals surface area contributed by atoms with Gasteiger partial charge in [-0.15, -0.1) is 0 Å². The van der Waals surface area contributed by atoms with Crippen molar-refractivity contribution in [2.45, 2.75) is 45.1 Å². The molecule has 2 unspecified atom stereocenters. The van der Waals surface area contributed by atoms with Crippen molar-refractivity contribution in [3.05, 3.63) is 28.3 Å². The van der Waals surface area contributed by atoms with Gasteiger partial charge in [0.1, 0.15) is 5.75 Å². The molecule has 1 aliphatic carbocycles. The van der Waals surface area contributed by atoms with Crippen molar-refractivity contribution in [1.29, 1.82) is 0 Å². The van der Waals surface area contributed by atoms with Crippen LogP contribution in [0.5, 0.6) is 5.75 Å². The van der Waals surface area contributed by atoms with Crippen LogP contribution in [-0.4, -0.2) is 49.4 Å². The van der Waals surface area contributed by atoms with Gasteiger partial charge in [-0.2, -0.15) is 0 Å². The molecule has 0 amide bonds. The Bertz CT molecular complexity index is 733. The first-order valence-electron chi connectivity index (χ1n) is 8.90. The van der Waals surface area contributed by atoms with Crippen LogP contribution in [0.4, 0.5) is 0 Å². The minimum Gasteiger partial charge on any atom is -0.508 e. The van der Waals surface area contributed by atoms with E-state index in [1.807, 2.05) is 19.9 Å². The normalized spacial score (nSPS) is 23.1. The summed E-state index contributed by atoms with van der Waals surface area (Å²) in [6, 6.07) is 3.41. The number of hydrogen-bond donors (Lipinski definition) is 1. The van der Waals surface area contributed by atoms with Crippen LogP contribution in [0.15, 0.2) is 12.1 Å². The zero-order valence-electron chi connectivity index (χ0n) is 14.7. The van der Waals surface area contributed by atoms with Gasteiger partial charge in [-0.1, -0.05) is 17.7 Å². The maximum Gasteiger partial charge on any atom is 0.216 e. The SMILES string of the molecule is CCOC(CS(=O)(=O)N1CCC(c2cc(C)c(Cl)cc2O)C1)C1CC1. The lowest BCUT2D eigenvalue weighted by atomic mass is 9.96. The fourth-order valence-corrected chi connectivity index (χ4v) is 5.51. The minimum atomic E-state index is -3.36. The average Bonchev–Trinajstić information content (AvgIpc) is 3.27. The standard InChI is InChI=1S/C18H26ClNO4S/c1-3-24-18(13-4-5-13)11-25(22,23)20-7-6-14(10-20)15-8-12(2)16(19)9-17(15)21/h8-9,13-14,18,21H,3-7,10-11H2,1-2H3. The molecule has 2 aliphatic rings. The molecule has 1 saturated heterocycles. The molecule has 0 spiro atoms. The molecule has 1 saturated carbocycles. The Labute approximate surface area is 155 Å². The van der Waals surface area contributed by atoms with E-state index in [-0.39, 0.29) is 23.5 Å². The summed E-state index contributed by atoms with van der Waals surface area (Å²) < 4.78 is 32.8. The van der Waals surface area contributed by atoms with E-state index in [0.29, 0.717) is 37.1 Å². The van der Waals surface area contributed by atoms with Gasteiger partial charge >= 0.3 is 0 Å². The smallest absolute Gasteiger partial charge is 0.216 e. The summed E-state index contributed by atoms with van der Waals surface area (Å²) in [7, 11) is -3.36. The van der Waals surface area contributed by atoms with Gasteiger partial charge in [0.25, 0.3) is 0 Å². The number of phenolic OH excluding ortho intramolecular Hbond substituents is 1. The first-order valence-corrected chi connectivity index (χ1v) is 10.9. The van der Waals surface area contributed by atoms with E-state index in [1.54, 1.807) is 10.4 Å². The molecule has 1 N–H and O–H groups in total. The Hall–Kier alpha value is -0.820. The van der Waals surface area contributed by atoms with Gasteiger partial charge in [0.05, 0.1) is 11.9 Å². The maximum absolute atomic E-state index is 12.8. The molecule has 5 nitrogen and oxygen atoms in total. The van der Waals surface area contributed by atoms with Crippen molar-refractivity contribution in [2.75, 3.05) is 25.4 Å². The number of sulfonamides is 1. The van der Waals surface area contributed by atoms with Crippen LogP contribution in [0.3, 0.4) is 0 Å². The van der Waals surface area contributed by atoms with Crippen molar-refractivity contribution in [1.82, 2.24) is 4.31 Å². The summed E-state index contributed by atoms with van der Waals surface area (Å²) in [5.74, 6) is 0.586. The van der Waals surface area contributed by atoms with Gasteiger partial charge in [-0.25, -0.2) is 12.7 Å². The molecule has 140 valence electrons. The highest BCUT2D eigenvalue weighted by molar-refractivity contribution is 7.89. The summed E-state index contributed by atoms with van der Waals surface area (Å²) >= 11 is 6.04. The van der Waals surface area contributed by atoms with Crippen LogP contribution >= 0.6 is 11.6 Å². The molecule has 2 atom stereocenters. The highest BCUT2D eigenvalue weighted by Crippen LogP contribution is 2.38. The van der Waals surface area contributed by atoms with Crippen molar-refractivity contribution < 1.29 is 18.3 Å². The third-order valence-corrected chi connectivity index (χ3v) is 7.47. The van der Waals surface area contributed by atoms with Crippen LogP contribution in [0.2, 0.25) is 5.02 Å². The van der Waals surface area contributed by atoms with Crippen molar-refractivity contribution >= 4 is 21.6 Å². The molecule has 25 heavy (non-hydrogen) atoms. The second-order valence-corrected chi connectivity index (χ2v) is 9.53. The van der Waals surface area contributed by atoms with Gasteiger partial charge in [0.2, 0.25) is 10.0 Å². The second kappa shape index (κ2) is 7.43. The quantitative estimate of drug-likeness (QED) is 0.779. The largest absolute Gasteiger partial charge is 0.508 e. The minimum absolute atomic E-state index is 0.00258. The lowest BCUT2D eigenvalue weighted by Crippen LogP contribution is -2.37. The van der Waals surface area contributed by atoms with E-state index >= 15 is 0 Å². The van der Waals surface area contributed by atoms with Crippen LogP contribution < -0.4 is 0 Å². The molecular weight excluding hydrogens is 362 g/mol. The number of nitrogens with zero attached hydrogens (tertiary/aromatic N) is 1. The molecule has 1 heterocycles. The fraction of sp³-hybridized carbons (Fsp3) is 0.667. The zero-order valence-corrected chi connectivity index (χ0v) is 16.3. The first-order chi connectivity index (χ1) is 11.8. The van der Waals surface area contributed by atoms with Crippen molar-refractivity contribution in [3.63, 3.8) is 0 Å². The molecule has 1 aromatic carbocycles. The zero-order chi connectivity index (χ0) is 18.2. The molecule has 1 aliphatic heterocycles. The number of hydrogen-bond acceptors (Lipinski definition) is 4. The third-order valence-electron chi connectivity index (χ3n) is 5.20. The third kappa shape index (κ3) is 4.30. The lowest BCUT2D eigenvalue weighted by molar-refractivity contribution is 0.0624. The topological polar surface area (TPSA) is 66.8 Å². The van der Waals surface area contributed by atoms with Gasteiger partial charge < -0.3 is 9.84 Å². The van der Waals surface area contributed by atoms with E-state index in [1.165, 1.54) is 0 Å². The van der Waals surface area contributed by atoms with Gasteiger partial charge in [-0.3, -0.25) is 0 Å². The van der Waals surface area contributed by atoms with Crippen LogP contribution in [0.1, 0.15) is 43.2 Å². The summed E-state index contributed by atoms with van der Waals surface area (Å²) in [4.78, 5) is 0. The number of rotatable bonds is 7. The summed E-state index contributed by atoms with van der Waals surface area (Å²) in [5, 5.41) is 10.7. The summed E-state index contributed by atoms with van der Waals surface area (Å²) in [5.41, 5.74) is 1.67. The Morgan fingerprint density at radius 1 is 1.36 bits per heavy atom. The molecule has 0 bridgehead atoms. The fourth-order valence-electron chi connectivity index (χ4n) is 3.57. The molecule has 1 aromatic rings. The number of halogens is 1. The first kappa shape index (κ1) is 19.0.